The van der Waals surface area contributed by atoms with E-state index in [1.807, 2.05) is 24.0 Å². The quantitative estimate of drug-likeness (QED) is 0.592. The second-order valence-electron chi connectivity index (χ2n) is 7.54. The standard InChI is InChI=1S/C22H22ClF3N4O3S/c1-14-2-5-16(6-3-14)33-13-19(31)28-21(34)27-17-12-15(23)4-7-18(17)29-8-10-30(11-9-29)20(32)22(24,25)26/h2-7,12H,8-11,13H2,1H3,(H2,27,28,31,34). The van der Waals surface area contributed by atoms with Crippen LogP contribution in [-0.2, 0) is 9.59 Å². The average Bonchev–Trinajstić information content (AvgIpc) is 2.78. The van der Waals surface area contributed by atoms with Gasteiger partial charge >= 0.3 is 12.1 Å². The molecule has 12 heteroatoms. The normalized spacial score (nSPS) is 13.9. The maximum Gasteiger partial charge on any atom is 0.471 e. The highest BCUT2D eigenvalue weighted by Gasteiger charge is 2.43. The van der Waals surface area contributed by atoms with Crippen LogP contribution in [0.25, 0.3) is 0 Å². The van der Waals surface area contributed by atoms with E-state index in [1.165, 1.54) is 0 Å². The Kier molecular flexibility index (Phi) is 8.21. The van der Waals surface area contributed by atoms with Gasteiger partial charge in [0.1, 0.15) is 5.75 Å². The van der Waals surface area contributed by atoms with E-state index in [0.717, 1.165) is 10.5 Å². The summed E-state index contributed by atoms with van der Waals surface area (Å²) in [5.41, 5.74) is 2.15. The summed E-state index contributed by atoms with van der Waals surface area (Å²) in [4.78, 5) is 26.2. The number of rotatable bonds is 5. The van der Waals surface area contributed by atoms with Gasteiger partial charge in [-0.15, -0.1) is 0 Å². The van der Waals surface area contributed by atoms with Crippen LogP contribution in [0.2, 0.25) is 5.02 Å². The molecule has 34 heavy (non-hydrogen) atoms. The molecule has 2 amide bonds. The van der Waals surface area contributed by atoms with Gasteiger partial charge < -0.3 is 19.9 Å². The third-order valence-electron chi connectivity index (χ3n) is 5.00. The van der Waals surface area contributed by atoms with Gasteiger partial charge in [-0.05, 0) is 49.5 Å². The molecule has 0 aromatic heterocycles. The van der Waals surface area contributed by atoms with Gasteiger partial charge in [-0.25, -0.2) is 0 Å². The molecule has 1 aliphatic rings. The van der Waals surface area contributed by atoms with Gasteiger partial charge in [-0.3, -0.25) is 14.9 Å². The van der Waals surface area contributed by atoms with Crippen LogP contribution < -0.4 is 20.3 Å². The second-order valence-corrected chi connectivity index (χ2v) is 8.39. The third-order valence-corrected chi connectivity index (χ3v) is 5.44. The van der Waals surface area contributed by atoms with Crippen molar-refractivity contribution >= 4 is 52.1 Å². The number of halogens is 4. The van der Waals surface area contributed by atoms with E-state index >= 15 is 0 Å². The van der Waals surface area contributed by atoms with E-state index in [4.69, 9.17) is 28.6 Å². The summed E-state index contributed by atoms with van der Waals surface area (Å²) in [5, 5.41) is 5.82. The molecule has 0 aliphatic carbocycles. The number of aryl methyl sites for hydroxylation is 1. The average molecular weight is 515 g/mol. The van der Waals surface area contributed by atoms with Crippen molar-refractivity contribution in [2.45, 2.75) is 13.1 Å². The van der Waals surface area contributed by atoms with Gasteiger partial charge in [-0.1, -0.05) is 29.3 Å². The molecule has 1 aliphatic heterocycles. The molecular formula is C22H22ClF3N4O3S. The highest BCUT2D eigenvalue weighted by atomic mass is 35.5. The minimum Gasteiger partial charge on any atom is -0.484 e. The third kappa shape index (κ3) is 6.97. The monoisotopic (exact) mass is 514 g/mol. The molecule has 1 saturated heterocycles. The number of amides is 2. The van der Waals surface area contributed by atoms with Crippen LogP contribution in [0.4, 0.5) is 24.5 Å². The van der Waals surface area contributed by atoms with Crippen LogP contribution in [0.5, 0.6) is 5.75 Å². The van der Waals surface area contributed by atoms with Gasteiger partial charge in [0.25, 0.3) is 5.91 Å². The minimum absolute atomic E-state index is 0.00640. The largest absolute Gasteiger partial charge is 0.484 e. The molecule has 0 radical (unpaired) electrons. The fraction of sp³-hybridized carbons (Fsp3) is 0.318. The van der Waals surface area contributed by atoms with Gasteiger partial charge in [0.15, 0.2) is 11.7 Å². The second kappa shape index (κ2) is 10.9. The van der Waals surface area contributed by atoms with Gasteiger partial charge in [0.2, 0.25) is 0 Å². The smallest absolute Gasteiger partial charge is 0.471 e. The number of carbonyl (C=O) groups excluding carboxylic acids is 2. The summed E-state index contributed by atoms with van der Waals surface area (Å²) in [7, 11) is 0. The molecule has 1 heterocycles. The number of hydrogen-bond acceptors (Lipinski definition) is 5. The summed E-state index contributed by atoms with van der Waals surface area (Å²) in [6.07, 6.45) is -4.90. The van der Waals surface area contributed by atoms with Crippen LogP contribution in [-0.4, -0.2) is 60.8 Å². The number of ether oxygens (including phenoxy) is 1. The van der Waals surface area contributed by atoms with Crippen LogP contribution in [0.1, 0.15) is 5.56 Å². The maximum atomic E-state index is 12.7. The maximum absolute atomic E-state index is 12.7. The molecule has 0 spiro atoms. The number of thiocarbonyl (C=S) groups is 1. The van der Waals surface area contributed by atoms with Gasteiger partial charge in [-0.2, -0.15) is 13.2 Å². The predicted molar refractivity (Wildman–Crippen MR) is 127 cm³/mol. The van der Waals surface area contributed by atoms with E-state index < -0.39 is 18.0 Å². The Morgan fingerprint density at radius 2 is 1.74 bits per heavy atom. The van der Waals surface area contributed by atoms with Crippen molar-refractivity contribution in [3.63, 3.8) is 0 Å². The first-order valence-corrected chi connectivity index (χ1v) is 11.0. The number of nitrogens with zero attached hydrogens (tertiary/aromatic N) is 2. The molecule has 0 bridgehead atoms. The van der Waals surface area contributed by atoms with E-state index in [-0.39, 0.29) is 37.9 Å². The number of hydrogen-bond donors (Lipinski definition) is 2. The summed E-state index contributed by atoms with van der Waals surface area (Å²) in [6.45, 7) is 1.88. The lowest BCUT2D eigenvalue weighted by molar-refractivity contribution is -0.185. The van der Waals surface area contributed by atoms with Crippen LogP contribution in [0.3, 0.4) is 0 Å². The summed E-state index contributed by atoms with van der Waals surface area (Å²) >= 11 is 11.3. The summed E-state index contributed by atoms with van der Waals surface area (Å²) in [6, 6.07) is 12.1. The zero-order valence-corrected chi connectivity index (χ0v) is 19.7. The van der Waals surface area contributed by atoms with Crippen molar-refractivity contribution < 1.29 is 27.5 Å². The molecular weight excluding hydrogens is 493 g/mol. The first-order chi connectivity index (χ1) is 16.0. The van der Waals surface area contributed by atoms with Crippen molar-refractivity contribution in [2.75, 3.05) is 43.0 Å². The predicted octanol–water partition coefficient (Wildman–Crippen LogP) is 3.75. The fourth-order valence-electron chi connectivity index (χ4n) is 3.31. The van der Waals surface area contributed by atoms with E-state index in [9.17, 15) is 22.8 Å². The molecule has 3 rings (SSSR count). The van der Waals surface area contributed by atoms with Crippen molar-refractivity contribution in [2.24, 2.45) is 0 Å². The zero-order chi connectivity index (χ0) is 24.9. The summed E-state index contributed by atoms with van der Waals surface area (Å²) in [5.74, 6) is -1.78. The number of carbonyl (C=O) groups is 2. The molecule has 2 N–H and O–H groups in total. The minimum atomic E-state index is -4.90. The Morgan fingerprint density at radius 1 is 1.09 bits per heavy atom. The van der Waals surface area contributed by atoms with Crippen molar-refractivity contribution in [1.29, 1.82) is 0 Å². The van der Waals surface area contributed by atoms with E-state index in [0.29, 0.717) is 22.1 Å². The van der Waals surface area contributed by atoms with Gasteiger partial charge in [0.05, 0.1) is 11.4 Å². The number of nitrogens with one attached hydrogen (secondary N) is 2. The highest BCUT2D eigenvalue weighted by Crippen LogP contribution is 2.30. The highest BCUT2D eigenvalue weighted by molar-refractivity contribution is 7.80. The van der Waals surface area contributed by atoms with Crippen LogP contribution in [0.15, 0.2) is 42.5 Å². The molecule has 182 valence electrons. The first kappa shape index (κ1) is 25.6. The lowest BCUT2D eigenvalue weighted by Gasteiger charge is -2.37. The Bertz CT molecular complexity index is 1060. The number of benzene rings is 2. The van der Waals surface area contributed by atoms with Crippen LogP contribution >= 0.6 is 23.8 Å². The first-order valence-electron chi connectivity index (χ1n) is 10.2. The van der Waals surface area contributed by atoms with E-state index in [1.54, 1.807) is 30.3 Å². The zero-order valence-electron chi connectivity index (χ0n) is 18.1. The molecule has 2 aromatic carbocycles. The lowest BCUT2D eigenvalue weighted by atomic mass is 10.2. The topological polar surface area (TPSA) is 73.9 Å². The number of alkyl halides is 3. The molecule has 1 fully saturated rings. The Morgan fingerprint density at radius 3 is 2.35 bits per heavy atom. The Hall–Kier alpha value is -3.05. The molecule has 2 aromatic rings. The number of anilines is 2. The van der Waals surface area contributed by atoms with Crippen LogP contribution in [0, 0.1) is 6.92 Å². The molecule has 7 nitrogen and oxygen atoms in total. The lowest BCUT2D eigenvalue weighted by Crippen LogP contribution is -2.52. The SMILES string of the molecule is Cc1ccc(OCC(=O)NC(=S)Nc2cc(Cl)ccc2N2CCN(C(=O)C(F)(F)F)CC2)cc1. The number of piperazine rings is 1. The molecule has 0 saturated carbocycles. The fourth-order valence-corrected chi connectivity index (χ4v) is 3.71. The van der Waals surface area contributed by atoms with Crippen molar-refractivity contribution in [1.82, 2.24) is 10.2 Å². The molecule has 0 unspecified atom stereocenters. The van der Waals surface area contributed by atoms with Crippen molar-refractivity contribution in [3.8, 4) is 5.75 Å². The van der Waals surface area contributed by atoms with Gasteiger partial charge in [0, 0.05) is 31.2 Å². The van der Waals surface area contributed by atoms with E-state index in [2.05, 4.69) is 10.6 Å². The Balaban J connectivity index is 1.58. The Labute approximate surface area is 204 Å². The van der Waals surface area contributed by atoms with Crippen molar-refractivity contribution in [3.05, 3.63) is 53.1 Å². The molecule has 0 atom stereocenters. The summed E-state index contributed by atoms with van der Waals surface area (Å²) < 4.78 is 43.5.